The monoisotopic (exact) mass is 430 g/mol. The minimum Gasteiger partial charge on any atom is -0.454 e. The third-order valence-corrected chi connectivity index (χ3v) is 8.83. The molecule has 1 aromatic rings. The van der Waals surface area contributed by atoms with Crippen LogP contribution in [-0.2, 0) is 4.74 Å². The van der Waals surface area contributed by atoms with Crippen LogP contribution >= 0.6 is 0 Å². The van der Waals surface area contributed by atoms with Gasteiger partial charge >= 0.3 is 5.97 Å². The van der Waals surface area contributed by atoms with Crippen molar-refractivity contribution in [1.29, 1.82) is 5.26 Å². The van der Waals surface area contributed by atoms with E-state index in [1.54, 1.807) is 17.7 Å². The molecule has 4 aliphatic rings. The summed E-state index contributed by atoms with van der Waals surface area (Å²) in [5.74, 6) is 0.596. The summed E-state index contributed by atoms with van der Waals surface area (Å²) in [5.41, 5.74) is 4.80. The molecule has 5 nitrogen and oxygen atoms in total. The van der Waals surface area contributed by atoms with Crippen molar-refractivity contribution >= 4 is 11.7 Å². The number of rotatable bonds is 3. The maximum Gasteiger partial charge on any atom is 0.338 e. The molecule has 0 radical (unpaired) electrons. The molecule has 0 amide bonds. The van der Waals surface area contributed by atoms with Gasteiger partial charge in [0.2, 0.25) is 0 Å². The van der Waals surface area contributed by atoms with Crippen LogP contribution in [0.4, 0.5) is 0 Å². The highest BCUT2D eigenvalue weighted by Gasteiger charge is 2.63. The van der Waals surface area contributed by atoms with Gasteiger partial charge in [0.15, 0.2) is 0 Å². The zero-order valence-electron chi connectivity index (χ0n) is 18.6. The first-order valence-corrected chi connectivity index (χ1v) is 11.8. The summed E-state index contributed by atoms with van der Waals surface area (Å²) in [6.45, 7) is 2.27. The number of hydrogen-bond acceptors (Lipinski definition) is 5. The Hall–Kier alpha value is -2.87. The first-order chi connectivity index (χ1) is 15.5. The van der Waals surface area contributed by atoms with Gasteiger partial charge in [0.25, 0.3) is 0 Å². The maximum atomic E-state index is 13.0. The summed E-state index contributed by atoms with van der Waals surface area (Å²) in [4.78, 5) is 13.0. The second-order valence-corrected chi connectivity index (χ2v) is 10.1. The quantitative estimate of drug-likeness (QED) is 0.364. The molecule has 0 bridgehead atoms. The number of carbonyl (C=O) groups excluding carboxylic acids is 1. The van der Waals surface area contributed by atoms with Gasteiger partial charge in [-0.1, -0.05) is 35.9 Å². The highest BCUT2D eigenvalue weighted by molar-refractivity contribution is 5.97. The molecule has 1 N–H and O–H groups in total. The van der Waals surface area contributed by atoms with Crippen LogP contribution in [0.25, 0.3) is 0 Å². The number of ether oxygens (including phenoxy) is 1. The highest BCUT2D eigenvalue weighted by atomic mass is 16.6. The van der Waals surface area contributed by atoms with E-state index in [1.807, 2.05) is 18.2 Å². The van der Waals surface area contributed by atoms with Gasteiger partial charge < -0.3 is 9.94 Å². The van der Waals surface area contributed by atoms with Gasteiger partial charge in [-0.05, 0) is 92.6 Å². The van der Waals surface area contributed by atoms with E-state index in [1.165, 1.54) is 11.1 Å². The van der Waals surface area contributed by atoms with E-state index in [0.29, 0.717) is 17.4 Å². The van der Waals surface area contributed by atoms with Gasteiger partial charge in [-0.3, -0.25) is 0 Å². The molecule has 2 unspecified atom stereocenters. The lowest BCUT2D eigenvalue weighted by Gasteiger charge is -2.52. The number of nitrogens with zero attached hydrogens (tertiary/aromatic N) is 2. The van der Waals surface area contributed by atoms with Crippen molar-refractivity contribution in [3.8, 4) is 6.07 Å². The van der Waals surface area contributed by atoms with Gasteiger partial charge in [0.1, 0.15) is 5.60 Å². The lowest BCUT2D eigenvalue weighted by atomic mass is 9.54. The Morgan fingerprint density at radius 3 is 2.75 bits per heavy atom. The maximum absolute atomic E-state index is 13.0. The van der Waals surface area contributed by atoms with Crippen LogP contribution in [-0.4, -0.2) is 22.5 Å². The number of oxime groups is 1. The second-order valence-electron chi connectivity index (χ2n) is 10.1. The summed E-state index contributed by atoms with van der Waals surface area (Å²) < 4.78 is 6.28. The Morgan fingerprint density at radius 2 is 2.00 bits per heavy atom. The van der Waals surface area contributed by atoms with Crippen molar-refractivity contribution in [2.24, 2.45) is 22.4 Å². The van der Waals surface area contributed by atoms with Gasteiger partial charge in [0.05, 0.1) is 23.8 Å². The van der Waals surface area contributed by atoms with Gasteiger partial charge in [-0.2, -0.15) is 5.26 Å². The van der Waals surface area contributed by atoms with Crippen molar-refractivity contribution < 1.29 is 14.7 Å². The highest BCUT2D eigenvalue weighted by Crippen LogP contribution is 2.65. The number of carbonyl (C=O) groups is 1. The molecule has 0 saturated heterocycles. The number of benzene rings is 1. The smallest absolute Gasteiger partial charge is 0.338 e. The molecule has 1 aromatic carbocycles. The fourth-order valence-corrected chi connectivity index (χ4v) is 7.15. The van der Waals surface area contributed by atoms with Crippen molar-refractivity contribution in [3.05, 3.63) is 58.7 Å². The van der Waals surface area contributed by atoms with E-state index in [9.17, 15) is 15.3 Å². The van der Waals surface area contributed by atoms with Crippen molar-refractivity contribution in [2.75, 3.05) is 0 Å². The van der Waals surface area contributed by atoms with E-state index >= 15 is 0 Å². The average molecular weight is 431 g/mol. The predicted molar refractivity (Wildman–Crippen MR) is 121 cm³/mol. The van der Waals surface area contributed by atoms with Gasteiger partial charge in [0, 0.05) is 5.41 Å². The minimum atomic E-state index is -0.727. The Kier molecular flexibility index (Phi) is 5.20. The summed E-state index contributed by atoms with van der Waals surface area (Å²) in [7, 11) is 0. The van der Waals surface area contributed by atoms with E-state index in [2.05, 4.69) is 24.2 Å². The molecule has 5 heteroatoms. The van der Waals surface area contributed by atoms with Crippen molar-refractivity contribution in [3.63, 3.8) is 0 Å². The number of esters is 1. The standard InChI is InChI=1S/C27H30N2O3/c1-26-13-11-22-21-10-8-20(29-31)17-19(21)7-9-23(22)24(26)12-14-27(26,15-16-28)32-25(30)18-5-3-2-4-6-18/h2-6,17,23-24,31H,7-15H2,1H3/t23?,24?,26-,27+/m0/s1. The van der Waals surface area contributed by atoms with Crippen molar-refractivity contribution in [1.82, 2.24) is 0 Å². The molecule has 0 spiro atoms. The summed E-state index contributed by atoms with van der Waals surface area (Å²) >= 11 is 0. The summed E-state index contributed by atoms with van der Waals surface area (Å²) in [6.07, 6.45) is 9.83. The van der Waals surface area contributed by atoms with E-state index in [0.717, 1.165) is 57.1 Å². The molecule has 166 valence electrons. The molecular weight excluding hydrogens is 400 g/mol. The zero-order chi connectivity index (χ0) is 22.3. The predicted octanol–water partition coefficient (Wildman–Crippen LogP) is 5.96. The summed E-state index contributed by atoms with van der Waals surface area (Å²) in [6, 6.07) is 11.5. The van der Waals surface area contributed by atoms with Crippen molar-refractivity contribution in [2.45, 2.75) is 70.3 Å². The fourth-order valence-electron chi connectivity index (χ4n) is 7.15. The van der Waals surface area contributed by atoms with Crippen LogP contribution in [0.3, 0.4) is 0 Å². The third kappa shape index (κ3) is 3.11. The number of nitriles is 1. The molecule has 2 saturated carbocycles. The third-order valence-electron chi connectivity index (χ3n) is 8.83. The topological polar surface area (TPSA) is 82.7 Å². The second kappa shape index (κ2) is 7.92. The van der Waals surface area contributed by atoms with E-state index < -0.39 is 5.60 Å². The molecule has 0 aromatic heterocycles. The van der Waals surface area contributed by atoms with Crippen LogP contribution in [0.1, 0.15) is 75.1 Å². The average Bonchev–Trinajstić information content (AvgIpc) is 3.11. The van der Waals surface area contributed by atoms with Gasteiger partial charge in [-0.25, -0.2) is 4.79 Å². The molecular formula is C27H30N2O3. The van der Waals surface area contributed by atoms with Crippen LogP contribution < -0.4 is 0 Å². The van der Waals surface area contributed by atoms with Crippen LogP contribution in [0.2, 0.25) is 0 Å². The van der Waals surface area contributed by atoms with Crippen LogP contribution in [0.15, 0.2) is 58.3 Å². The molecule has 5 rings (SSSR count). The Bertz CT molecular complexity index is 1060. The Labute approximate surface area is 189 Å². The largest absolute Gasteiger partial charge is 0.454 e. The number of fused-ring (bicyclic) bond motifs is 4. The van der Waals surface area contributed by atoms with Crippen LogP contribution in [0, 0.1) is 28.6 Å². The fraction of sp³-hybridized carbons (Fsp3) is 0.519. The number of allylic oxidation sites excluding steroid dienone is 4. The normalized spacial score (nSPS) is 34.8. The first kappa shape index (κ1) is 21.0. The molecule has 0 aliphatic heterocycles. The molecule has 2 fully saturated rings. The lowest BCUT2D eigenvalue weighted by Crippen LogP contribution is -2.52. The van der Waals surface area contributed by atoms with E-state index in [4.69, 9.17) is 4.74 Å². The lowest BCUT2D eigenvalue weighted by molar-refractivity contribution is -0.0994. The Balaban J connectivity index is 1.47. The molecule has 32 heavy (non-hydrogen) atoms. The summed E-state index contributed by atoms with van der Waals surface area (Å²) in [5, 5.41) is 22.4. The van der Waals surface area contributed by atoms with E-state index in [-0.39, 0.29) is 17.8 Å². The zero-order valence-corrected chi connectivity index (χ0v) is 18.6. The van der Waals surface area contributed by atoms with Crippen LogP contribution in [0.5, 0.6) is 0 Å². The van der Waals surface area contributed by atoms with Gasteiger partial charge in [-0.15, -0.1) is 0 Å². The molecule has 0 heterocycles. The Morgan fingerprint density at radius 1 is 1.19 bits per heavy atom. The minimum absolute atomic E-state index is 0.199. The molecule has 4 atom stereocenters. The first-order valence-electron chi connectivity index (χ1n) is 11.8. The molecule has 4 aliphatic carbocycles. The SMILES string of the molecule is C[C@]12CCC3=C4CCC(=NO)C=C4CCC3C1CC[C@]2(CC#N)OC(=O)c1ccccc1. The number of hydrogen-bond donors (Lipinski definition) is 1.